The SMILES string of the molecule is CC#CCCC1(C(=O)O)CCOC1C. The first-order valence-electron chi connectivity index (χ1n) is 4.88. The molecule has 1 aliphatic rings. The standard InChI is InChI=1S/C11H16O3/c1-3-4-5-6-11(10(12)13)7-8-14-9(11)2/h9H,5-8H2,1-2H3,(H,12,13). The molecular formula is C11H16O3. The maximum absolute atomic E-state index is 11.2. The molecule has 3 heteroatoms. The first kappa shape index (κ1) is 11.1. The number of rotatable bonds is 3. The highest BCUT2D eigenvalue weighted by Gasteiger charge is 2.47. The van der Waals surface area contributed by atoms with E-state index in [-0.39, 0.29) is 6.10 Å². The molecule has 3 nitrogen and oxygen atoms in total. The zero-order valence-corrected chi connectivity index (χ0v) is 8.67. The van der Waals surface area contributed by atoms with E-state index in [2.05, 4.69) is 11.8 Å². The predicted molar refractivity (Wildman–Crippen MR) is 52.8 cm³/mol. The summed E-state index contributed by atoms with van der Waals surface area (Å²) >= 11 is 0. The van der Waals surface area contributed by atoms with E-state index in [1.54, 1.807) is 6.92 Å². The van der Waals surface area contributed by atoms with E-state index in [4.69, 9.17) is 4.74 Å². The maximum Gasteiger partial charge on any atom is 0.312 e. The van der Waals surface area contributed by atoms with Gasteiger partial charge in [0.05, 0.1) is 11.5 Å². The normalized spacial score (nSPS) is 30.9. The summed E-state index contributed by atoms with van der Waals surface area (Å²) in [5.74, 6) is 4.94. The Hall–Kier alpha value is -1.01. The van der Waals surface area contributed by atoms with E-state index in [1.807, 2.05) is 6.92 Å². The highest BCUT2D eigenvalue weighted by Crippen LogP contribution is 2.39. The van der Waals surface area contributed by atoms with Gasteiger partial charge in [0.2, 0.25) is 0 Å². The third kappa shape index (κ3) is 1.91. The Morgan fingerprint density at radius 3 is 2.86 bits per heavy atom. The number of hydrogen-bond donors (Lipinski definition) is 1. The highest BCUT2D eigenvalue weighted by molar-refractivity contribution is 5.75. The molecule has 0 aliphatic carbocycles. The van der Waals surface area contributed by atoms with E-state index >= 15 is 0 Å². The van der Waals surface area contributed by atoms with Crippen molar-refractivity contribution in [3.63, 3.8) is 0 Å². The molecule has 1 heterocycles. The van der Waals surface area contributed by atoms with Crippen LogP contribution in [0.4, 0.5) is 0 Å². The molecular weight excluding hydrogens is 180 g/mol. The number of aliphatic carboxylic acids is 1. The lowest BCUT2D eigenvalue weighted by Crippen LogP contribution is -2.37. The molecule has 1 fully saturated rings. The zero-order chi connectivity index (χ0) is 10.6. The topological polar surface area (TPSA) is 46.5 Å². The second kappa shape index (κ2) is 4.47. The van der Waals surface area contributed by atoms with Gasteiger partial charge in [-0.3, -0.25) is 4.79 Å². The van der Waals surface area contributed by atoms with Gasteiger partial charge in [-0.2, -0.15) is 0 Å². The Bertz CT molecular complexity index is 274. The van der Waals surface area contributed by atoms with Crippen molar-refractivity contribution < 1.29 is 14.6 Å². The average Bonchev–Trinajstić information content (AvgIpc) is 2.49. The van der Waals surface area contributed by atoms with Crippen molar-refractivity contribution in [2.24, 2.45) is 5.41 Å². The van der Waals surface area contributed by atoms with E-state index in [0.29, 0.717) is 25.9 Å². The van der Waals surface area contributed by atoms with Gasteiger partial charge >= 0.3 is 5.97 Å². The molecule has 14 heavy (non-hydrogen) atoms. The molecule has 1 aliphatic heterocycles. The lowest BCUT2D eigenvalue weighted by Gasteiger charge is -2.26. The van der Waals surface area contributed by atoms with Crippen molar-refractivity contribution in [2.45, 2.75) is 39.2 Å². The average molecular weight is 196 g/mol. The first-order chi connectivity index (χ1) is 6.63. The molecule has 2 unspecified atom stereocenters. The molecule has 0 aromatic carbocycles. The molecule has 78 valence electrons. The summed E-state index contributed by atoms with van der Waals surface area (Å²) in [7, 11) is 0. The Balaban J connectivity index is 2.70. The first-order valence-corrected chi connectivity index (χ1v) is 4.88. The lowest BCUT2D eigenvalue weighted by atomic mass is 9.78. The van der Waals surface area contributed by atoms with Crippen molar-refractivity contribution in [3.05, 3.63) is 0 Å². The Morgan fingerprint density at radius 2 is 2.43 bits per heavy atom. The summed E-state index contributed by atoms with van der Waals surface area (Å²) in [6.45, 7) is 4.15. The second-order valence-corrected chi connectivity index (χ2v) is 3.65. The van der Waals surface area contributed by atoms with Crippen LogP contribution in [0.15, 0.2) is 0 Å². The summed E-state index contributed by atoms with van der Waals surface area (Å²) in [6.07, 6.45) is 1.63. The van der Waals surface area contributed by atoms with Crippen molar-refractivity contribution in [2.75, 3.05) is 6.61 Å². The van der Waals surface area contributed by atoms with E-state index in [9.17, 15) is 9.90 Å². The highest BCUT2D eigenvalue weighted by atomic mass is 16.5. The monoisotopic (exact) mass is 196 g/mol. The molecule has 0 spiro atoms. The van der Waals surface area contributed by atoms with Crippen LogP contribution in [0.25, 0.3) is 0 Å². The van der Waals surface area contributed by atoms with Crippen molar-refractivity contribution in [3.8, 4) is 11.8 Å². The molecule has 0 saturated carbocycles. The Morgan fingerprint density at radius 1 is 1.71 bits per heavy atom. The van der Waals surface area contributed by atoms with Crippen molar-refractivity contribution >= 4 is 5.97 Å². The van der Waals surface area contributed by atoms with Crippen LogP contribution in [0.1, 0.15) is 33.1 Å². The van der Waals surface area contributed by atoms with Crippen LogP contribution < -0.4 is 0 Å². The van der Waals surface area contributed by atoms with Gasteiger partial charge < -0.3 is 9.84 Å². The fourth-order valence-electron chi connectivity index (χ4n) is 1.91. The minimum absolute atomic E-state index is 0.196. The molecule has 0 amide bonds. The Kier molecular flexibility index (Phi) is 3.54. The molecule has 2 atom stereocenters. The zero-order valence-electron chi connectivity index (χ0n) is 8.67. The van der Waals surface area contributed by atoms with Crippen LogP contribution in [0, 0.1) is 17.3 Å². The lowest BCUT2D eigenvalue weighted by molar-refractivity contribution is -0.152. The van der Waals surface area contributed by atoms with Crippen molar-refractivity contribution in [1.29, 1.82) is 0 Å². The molecule has 0 bridgehead atoms. The van der Waals surface area contributed by atoms with Crippen LogP contribution >= 0.6 is 0 Å². The number of carboxylic acids is 1. The molecule has 1 rings (SSSR count). The van der Waals surface area contributed by atoms with Gasteiger partial charge in [0.15, 0.2) is 0 Å². The third-order valence-corrected chi connectivity index (χ3v) is 2.99. The van der Waals surface area contributed by atoms with Gasteiger partial charge in [-0.1, -0.05) is 0 Å². The number of hydrogen-bond acceptors (Lipinski definition) is 2. The molecule has 0 aromatic heterocycles. The fourth-order valence-corrected chi connectivity index (χ4v) is 1.91. The third-order valence-electron chi connectivity index (χ3n) is 2.99. The largest absolute Gasteiger partial charge is 0.481 e. The summed E-state index contributed by atoms with van der Waals surface area (Å²) in [5.41, 5.74) is -0.705. The summed E-state index contributed by atoms with van der Waals surface area (Å²) in [6, 6.07) is 0. The molecule has 0 aromatic rings. The minimum Gasteiger partial charge on any atom is -0.481 e. The fraction of sp³-hybridized carbons (Fsp3) is 0.727. The minimum atomic E-state index is -0.750. The molecule has 0 radical (unpaired) electrons. The smallest absolute Gasteiger partial charge is 0.312 e. The summed E-state index contributed by atoms with van der Waals surface area (Å²) in [5, 5.41) is 9.21. The van der Waals surface area contributed by atoms with Crippen LogP contribution in [0.5, 0.6) is 0 Å². The number of ether oxygens (including phenoxy) is 1. The Labute approximate surface area is 84.5 Å². The van der Waals surface area contributed by atoms with Gasteiger partial charge in [-0.25, -0.2) is 0 Å². The van der Waals surface area contributed by atoms with E-state index in [1.165, 1.54) is 0 Å². The maximum atomic E-state index is 11.2. The van der Waals surface area contributed by atoms with Crippen LogP contribution in [-0.2, 0) is 9.53 Å². The van der Waals surface area contributed by atoms with Gasteiger partial charge in [-0.15, -0.1) is 11.8 Å². The van der Waals surface area contributed by atoms with E-state index in [0.717, 1.165) is 0 Å². The summed E-state index contributed by atoms with van der Waals surface area (Å²) in [4.78, 5) is 11.2. The van der Waals surface area contributed by atoms with Gasteiger partial charge in [0.1, 0.15) is 0 Å². The van der Waals surface area contributed by atoms with E-state index < -0.39 is 11.4 Å². The quantitative estimate of drug-likeness (QED) is 0.698. The molecule has 1 saturated heterocycles. The van der Waals surface area contributed by atoms with Crippen LogP contribution in [0.3, 0.4) is 0 Å². The van der Waals surface area contributed by atoms with Gasteiger partial charge in [0, 0.05) is 13.0 Å². The van der Waals surface area contributed by atoms with Crippen LogP contribution in [0.2, 0.25) is 0 Å². The number of carboxylic acid groups (broad SMARTS) is 1. The van der Waals surface area contributed by atoms with Crippen molar-refractivity contribution in [1.82, 2.24) is 0 Å². The second-order valence-electron chi connectivity index (χ2n) is 3.65. The molecule has 1 N–H and O–H groups in total. The summed E-state index contributed by atoms with van der Waals surface area (Å²) < 4.78 is 5.33. The predicted octanol–water partition coefficient (Wildman–Crippen LogP) is 1.67. The van der Waals surface area contributed by atoms with Gasteiger partial charge in [-0.05, 0) is 26.7 Å². The number of carbonyl (C=O) groups is 1. The van der Waals surface area contributed by atoms with Crippen LogP contribution in [-0.4, -0.2) is 23.8 Å². The van der Waals surface area contributed by atoms with Gasteiger partial charge in [0.25, 0.3) is 0 Å².